The summed E-state index contributed by atoms with van der Waals surface area (Å²) in [5, 5.41) is 11.3. The molecule has 0 aliphatic rings. The normalized spacial score (nSPS) is 11.6. The van der Waals surface area contributed by atoms with Crippen molar-refractivity contribution in [2.24, 2.45) is 0 Å². The molecule has 2 N–H and O–H groups in total. The predicted octanol–water partition coefficient (Wildman–Crippen LogP) is 0.218. The second-order valence-electron chi connectivity index (χ2n) is 4.55. The van der Waals surface area contributed by atoms with Gasteiger partial charge in [-0.15, -0.1) is 0 Å². The van der Waals surface area contributed by atoms with E-state index >= 15 is 0 Å². The van der Waals surface area contributed by atoms with E-state index < -0.39 is 18.0 Å². The molecule has 1 aromatic carbocycles. The Morgan fingerprint density at radius 2 is 1.71 bits per heavy atom. The fourth-order valence-electron chi connectivity index (χ4n) is 1.58. The van der Waals surface area contributed by atoms with Crippen LogP contribution in [-0.4, -0.2) is 61.6 Å². The van der Waals surface area contributed by atoms with E-state index in [1.54, 1.807) is 26.2 Å². The maximum absolute atomic E-state index is 11.8. The first-order chi connectivity index (χ1) is 9.86. The van der Waals surface area contributed by atoms with E-state index in [0.29, 0.717) is 11.1 Å². The minimum absolute atomic E-state index is 0.136. The van der Waals surface area contributed by atoms with E-state index in [4.69, 9.17) is 9.84 Å². The lowest BCUT2D eigenvalue weighted by Gasteiger charge is -2.12. The van der Waals surface area contributed by atoms with Gasteiger partial charge in [0.05, 0.1) is 6.54 Å². The molecule has 1 atom stereocenters. The number of carbonyl (C=O) groups is 3. The van der Waals surface area contributed by atoms with Crippen LogP contribution in [0.1, 0.15) is 20.7 Å². The Hall–Kier alpha value is -2.41. The van der Waals surface area contributed by atoms with Crippen molar-refractivity contribution < 1.29 is 24.2 Å². The molecule has 0 saturated carbocycles. The van der Waals surface area contributed by atoms with Gasteiger partial charge in [0.15, 0.2) is 6.10 Å². The monoisotopic (exact) mass is 294 g/mol. The van der Waals surface area contributed by atoms with Crippen LogP contribution in [0, 0.1) is 0 Å². The van der Waals surface area contributed by atoms with Crippen LogP contribution in [0.2, 0.25) is 0 Å². The van der Waals surface area contributed by atoms with Crippen molar-refractivity contribution >= 4 is 17.8 Å². The topological polar surface area (TPSA) is 95.9 Å². The molecule has 7 nitrogen and oxygen atoms in total. The first-order valence-electron chi connectivity index (χ1n) is 6.22. The Balaban J connectivity index is 2.67. The number of hydrogen-bond donors (Lipinski definition) is 2. The standard InChI is InChI=1S/C14H18N2O5/c1-16(2)13(18)10-6-4-9(5-7-10)12(17)15-8-11(21-3)14(19)20/h4-7,11H,8H2,1-3H3,(H,15,17)(H,19,20). The van der Waals surface area contributed by atoms with Gasteiger partial charge < -0.3 is 20.1 Å². The molecule has 0 aromatic heterocycles. The first kappa shape index (κ1) is 16.6. The van der Waals surface area contributed by atoms with Crippen molar-refractivity contribution in [3.8, 4) is 0 Å². The summed E-state index contributed by atoms with van der Waals surface area (Å²) in [4.78, 5) is 35.7. The van der Waals surface area contributed by atoms with Crippen molar-refractivity contribution in [1.29, 1.82) is 0 Å². The molecule has 0 radical (unpaired) electrons. The Kier molecular flexibility index (Phi) is 5.86. The quantitative estimate of drug-likeness (QED) is 0.782. The van der Waals surface area contributed by atoms with Crippen LogP contribution in [0.3, 0.4) is 0 Å². The number of benzene rings is 1. The van der Waals surface area contributed by atoms with Crippen LogP contribution in [0.4, 0.5) is 0 Å². The molecule has 1 rings (SSSR count). The average Bonchev–Trinajstić information content (AvgIpc) is 2.46. The van der Waals surface area contributed by atoms with Gasteiger partial charge in [-0.05, 0) is 24.3 Å². The molecule has 2 amide bonds. The molecule has 1 unspecified atom stereocenters. The van der Waals surface area contributed by atoms with Gasteiger partial charge in [0.1, 0.15) is 0 Å². The minimum atomic E-state index is -1.15. The molecule has 0 bridgehead atoms. The number of hydrogen-bond acceptors (Lipinski definition) is 4. The summed E-state index contributed by atoms with van der Waals surface area (Å²) in [6.07, 6.45) is -1.09. The van der Waals surface area contributed by atoms with Crippen molar-refractivity contribution in [3.05, 3.63) is 35.4 Å². The summed E-state index contributed by atoms with van der Waals surface area (Å²) in [7, 11) is 4.53. The molecule has 0 heterocycles. The molecule has 0 fully saturated rings. The van der Waals surface area contributed by atoms with Crippen molar-refractivity contribution in [2.75, 3.05) is 27.7 Å². The number of carboxylic acid groups (broad SMARTS) is 1. The molecule has 7 heteroatoms. The Bertz CT molecular complexity index is 525. The highest BCUT2D eigenvalue weighted by Crippen LogP contribution is 2.06. The molecule has 114 valence electrons. The maximum atomic E-state index is 11.8. The maximum Gasteiger partial charge on any atom is 0.334 e. The lowest BCUT2D eigenvalue weighted by molar-refractivity contribution is -0.148. The minimum Gasteiger partial charge on any atom is -0.479 e. The Labute approximate surface area is 122 Å². The highest BCUT2D eigenvalue weighted by molar-refractivity contribution is 5.97. The second-order valence-corrected chi connectivity index (χ2v) is 4.55. The summed E-state index contributed by atoms with van der Waals surface area (Å²) in [5.41, 5.74) is 0.808. The van der Waals surface area contributed by atoms with Crippen LogP contribution in [0.5, 0.6) is 0 Å². The number of aliphatic carboxylic acids is 1. The number of carboxylic acids is 1. The predicted molar refractivity (Wildman–Crippen MR) is 75.2 cm³/mol. The van der Waals surface area contributed by atoms with Crippen LogP contribution < -0.4 is 5.32 Å². The van der Waals surface area contributed by atoms with Crippen LogP contribution in [0.15, 0.2) is 24.3 Å². The number of ether oxygens (including phenoxy) is 1. The third-order valence-corrected chi connectivity index (χ3v) is 2.81. The third-order valence-electron chi connectivity index (χ3n) is 2.81. The van der Waals surface area contributed by atoms with Gasteiger partial charge in [-0.3, -0.25) is 9.59 Å². The van der Waals surface area contributed by atoms with Crippen LogP contribution in [0.25, 0.3) is 0 Å². The average molecular weight is 294 g/mol. The van der Waals surface area contributed by atoms with Gasteiger partial charge in [-0.25, -0.2) is 4.79 Å². The highest BCUT2D eigenvalue weighted by Gasteiger charge is 2.17. The van der Waals surface area contributed by atoms with Gasteiger partial charge in [-0.1, -0.05) is 0 Å². The number of amides is 2. The molecule has 0 spiro atoms. The van der Waals surface area contributed by atoms with Gasteiger partial charge in [-0.2, -0.15) is 0 Å². The number of carbonyl (C=O) groups excluding carboxylic acids is 2. The van der Waals surface area contributed by atoms with Gasteiger partial charge in [0.25, 0.3) is 11.8 Å². The molecular formula is C14H18N2O5. The number of nitrogens with zero attached hydrogens (tertiary/aromatic N) is 1. The fraction of sp³-hybridized carbons (Fsp3) is 0.357. The second kappa shape index (κ2) is 7.39. The van der Waals surface area contributed by atoms with E-state index in [-0.39, 0.29) is 12.5 Å². The number of nitrogens with one attached hydrogen (secondary N) is 1. The largest absolute Gasteiger partial charge is 0.479 e. The van der Waals surface area contributed by atoms with Crippen LogP contribution >= 0.6 is 0 Å². The zero-order chi connectivity index (χ0) is 16.0. The zero-order valence-corrected chi connectivity index (χ0v) is 12.1. The van der Waals surface area contributed by atoms with Gasteiger partial charge in [0, 0.05) is 32.3 Å². The van der Waals surface area contributed by atoms with Crippen molar-refractivity contribution in [1.82, 2.24) is 10.2 Å². The van der Waals surface area contributed by atoms with E-state index in [1.807, 2.05) is 0 Å². The SMILES string of the molecule is COC(CNC(=O)c1ccc(C(=O)N(C)C)cc1)C(=O)O. The van der Waals surface area contributed by atoms with E-state index in [9.17, 15) is 14.4 Å². The van der Waals surface area contributed by atoms with E-state index in [2.05, 4.69) is 5.32 Å². The Morgan fingerprint density at radius 3 is 2.14 bits per heavy atom. The Morgan fingerprint density at radius 1 is 1.19 bits per heavy atom. The third kappa shape index (κ3) is 4.57. The first-order valence-corrected chi connectivity index (χ1v) is 6.22. The molecule has 0 aliphatic carbocycles. The van der Waals surface area contributed by atoms with E-state index in [1.165, 1.54) is 24.1 Å². The van der Waals surface area contributed by atoms with Gasteiger partial charge >= 0.3 is 5.97 Å². The number of rotatable bonds is 6. The molecular weight excluding hydrogens is 276 g/mol. The smallest absolute Gasteiger partial charge is 0.334 e. The van der Waals surface area contributed by atoms with Gasteiger partial charge in [0.2, 0.25) is 0 Å². The number of methoxy groups -OCH3 is 1. The summed E-state index contributed by atoms with van der Waals surface area (Å²) in [6, 6.07) is 6.10. The van der Waals surface area contributed by atoms with Crippen LogP contribution in [-0.2, 0) is 9.53 Å². The lowest BCUT2D eigenvalue weighted by Crippen LogP contribution is -2.37. The van der Waals surface area contributed by atoms with E-state index in [0.717, 1.165) is 0 Å². The fourth-order valence-corrected chi connectivity index (χ4v) is 1.58. The molecule has 1 aromatic rings. The summed E-state index contributed by atoms with van der Waals surface area (Å²) < 4.78 is 4.71. The van der Waals surface area contributed by atoms with Crippen molar-refractivity contribution in [2.45, 2.75) is 6.10 Å². The molecule has 21 heavy (non-hydrogen) atoms. The summed E-state index contributed by atoms with van der Waals surface area (Å²) in [5.74, 6) is -1.74. The zero-order valence-electron chi connectivity index (χ0n) is 12.1. The summed E-state index contributed by atoms with van der Waals surface area (Å²) >= 11 is 0. The lowest BCUT2D eigenvalue weighted by atomic mass is 10.1. The highest BCUT2D eigenvalue weighted by atomic mass is 16.5. The summed E-state index contributed by atoms with van der Waals surface area (Å²) in [6.45, 7) is -0.136. The molecule has 0 aliphatic heterocycles. The van der Waals surface area contributed by atoms with Crippen molar-refractivity contribution in [3.63, 3.8) is 0 Å². The molecule has 0 saturated heterocycles.